The van der Waals surface area contributed by atoms with E-state index in [4.69, 9.17) is 0 Å². The van der Waals surface area contributed by atoms with Gasteiger partial charge in [0.15, 0.2) is 0 Å². The Hall–Kier alpha value is -0.920. The molecule has 6 nitrogen and oxygen atoms in total. The summed E-state index contributed by atoms with van der Waals surface area (Å²) in [6.07, 6.45) is 9.37. The van der Waals surface area contributed by atoms with Crippen molar-refractivity contribution in [1.29, 1.82) is 0 Å². The summed E-state index contributed by atoms with van der Waals surface area (Å²) in [5.41, 5.74) is 0. The first kappa shape index (κ1) is 14.5. The van der Waals surface area contributed by atoms with Crippen molar-refractivity contribution in [2.75, 3.05) is 13.6 Å². The maximum atomic E-state index is 12.1. The van der Waals surface area contributed by atoms with Crippen molar-refractivity contribution in [3.63, 3.8) is 0 Å². The van der Waals surface area contributed by atoms with Crippen LogP contribution in [0.4, 0.5) is 0 Å². The summed E-state index contributed by atoms with van der Waals surface area (Å²) >= 11 is 0. The predicted molar refractivity (Wildman–Crippen MR) is 73.9 cm³/mol. The van der Waals surface area contributed by atoms with Gasteiger partial charge in [0.1, 0.15) is 5.82 Å². The molecule has 0 bridgehead atoms. The van der Waals surface area contributed by atoms with Crippen molar-refractivity contribution in [3.05, 3.63) is 18.2 Å². The summed E-state index contributed by atoms with van der Waals surface area (Å²) in [4.78, 5) is 7.02. The largest absolute Gasteiger partial charge is 0.349 e. The number of hydrogen-bond donors (Lipinski definition) is 2. The molecule has 108 valence electrons. The Morgan fingerprint density at radius 3 is 2.79 bits per heavy atom. The maximum Gasteiger partial charge on any atom is 0.279 e. The second-order valence-corrected chi connectivity index (χ2v) is 6.81. The molecule has 0 aromatic carbocycles. The minimum atomic E-state index is -3.37. The molecule has 19 heavy (non-hydrogen) atoms. The van der Waals surface area contributed by atoms with E-state index in [1.54, 1.807) is 19.4 Å². The number of aromatic nitrogens is 2. The Kier molecular flexibility index (Phi) is 4.95. The van der Waals surface area contributed by atoms with Crippen molar-refractivity contribution < 1.29 is 8.42 Å². The first-order valence-corrected chi connectivity index (χ1v) is 8.24. The molecule has 2 N–H and O–H groups in total. The third-order valence-electron chi connectivity index (χ3n) is 3.67. The molecule has 0 unspecified atom stereocenters. The SMILES string of the molecule is CN(C1CCCCC1)S(=O)(=O)NCCc1ncc[nH]1. The van der Waals surface area contributed by atoms with Gasteiger partial charge in [0.25, 0.3) is 10.2 Å². The van der Waals surface area contributed by atoms with E-state index in [1.165, 1.54) is 10.7 Å². The molecule has 1 aromatic heterocycles. The van der Waals surface area contributed by atoms with E-state index in [-0.39, 0.29) is 6.04 Å². The summed E-state index contributed by atoms with van der Waals surface area (Å²) in [6, 6.07) is 0.148. The van der Waals surface area contributed by atoms with E-state index in [2.05, 4.69) is 14.7 Å². The highest BCUT2D eigenvalue weighted by Crippen LogP contribution is 2.22. The highest BCUT2D eigenvalue weighted by Gasteiger charge is 2.26. The molecule has 0 atom stereocenters. The minimum Gasteiger partial charge on any atom is -0.349 e. The van der Waals surface area contributed by atoms with Crippen LogP contribution in [0.1, 0.15) is 37.9 Å². The van der Waals surface area contributed by atoms with Gasteiger partial charge in [-0.15, -0.1) is 0 Å². The molecule has 1 aliphatic rings. The zero-order chi connectivity index (χ0) is 13.7. The van der Waals surface area contributed by atoms with E-state index in [0.717, 1.165) is 31.5 Å². The summed E-state index contributed by atoms with van der Waals surface area (Å²) in [7, 11) is -1.70. The van der Waals surface area contributed by atoms with Crippen LogP contribution in [0.5, 0.6) is 0 Å². The normalized spacial score (nSPS) is 18.0. The van der Waals surface area contributed by atoms with Crippen molar-refractivity contribution in [2.24, 2.45) is 0 Å². The molecule has 1 aliphatic carbocycles. The Labute approximate surface area is 114 Å². The molecule has 1 saturated carbocycles. The molecule has 2 rings (SSSR count). The second kappa shape index (κ2) is 6.49. The van der Waals surface area contributed by atoms with Crippen LogP contribution in [-0.2, 0) is 16.6 Å². The molecule has 0 saturated heterocycles. The van der Waals surface area contributed by atoms with E-state index in [1.807, 2.05) is 0 Å². The van der Waals surface area contributed by atoms with Crippen LogP contribution < -0.4 is 4.72 Å². The first-order chi connectivity index (χ1) is 9.09. The zero-order valence-corrected chi connectivity index (χ0v) is 12.1. The molecular formula is C12H22N4O2S. The summed E-state index contributed by atoms with van der Waals surface area (Å²) in [5.74, 6) is 0.794. The van der Waals surface area contributed by atoms with Crippen molar-refractivity contribution in [3.8, 4) is 0 Å². The molecule has 7 heteroatoms. The standard InChI is InChI=1S/C12H22N4O2S/c1-16(11-5-3-2-4-6-11)19(17,18)15-8-7-12-13-9-10-14-12/h9-11,15H,2-8H2,1H3,(H,13,14). The fraction of sp³-hybridized carbons (Fsp3) is 0.750. The van der Waals surface area contributed by atoms with Gasteiger partial charge in [-0.25, -0.2) is 9.71 Å². The third kappa shape index (κ3) is 4.02. The summed E-state index contributed by atoms with van der Waals surface area (Å²) in [5, 5.41) is 0. The number of aromatic amines is 1. The van der Waals surface area contributed by atoms with Crippen LogP contribution >= 0.6 is 0 Å². The van der Waals surface area contributed by atoms with Crippen LogP contribution in [-0.4, -0.2) is 42.3 Å². The zero-order valence-electron chi connectivity index (χ0n) is 11.3. The number of rotatable bonds is 6. The lowest BCUT2D eigenvalue weighted by molar-refractivity contribution is 0.283. The smallest absolute Gasteiger partial charge is 0.279 e. The first-order valence-electron chi connectivity index (χ1n) is 6.80. The highest BCUT2D eigenvalue weighted by atomic mass is 32.2. The topological polar surface area (TPSA) is 78.1 Å². The Bertz CT molecular complexity index is 466. The van der Waals surface area contributed by atoms with Gasteiger partial charge in [0, 0.05) is 38.4 Å². The van der Waals surface area contributed by atoms with Gasteiger partial charge in [-0.2, -0.15) is 12.7 Å². The Balaban J connectivity index is 1.83. The van der Waals surface area contributed by atoms with E-state index < -0.39 is 10.2 Å². The minimum absolute atomic E-state index is 0.148. The lowest BCUT2D eigenvalue weighted by Crippen LogP contribution is -2.45. The number of hydrogen-bond acceptors (Lipinski definition) is 3. The van der Waals surface area contributed by atoms with Crippen LogP contribution in [0, 0.1) is 0 Å². The molecule has 0 amide bonds. The molecule has 1 heterocycles. The molecule has 0 aliphatic heterocycles. The summed E-state index contributed by atoms with van der Waals surface area (Å²) < 4.78 is 28.4. The van der Waals surface area contributed by atoms with E-state index in [9.17, 15) is 8.42 Å². The fourth-order valence-corrected chi connectivity index (χ4v) is 3.64. The monoisotopic (exact) mass is 286 g/mol. The lowest BCUT2D eigenvalue weighted by Gasteiger charge is -2.30. The fourth-order valence-electron chi connectivity index (χ4n) is 2.48. The van der Waals surface area contributed by atoms with Crippen LogP contribution in [0.25, 0.3) is 0 Å². The lowest BCUT2D eigenvalue weighted by atomic mass is 9.96. The Morgan fingerprint density at radius 1 is 1.42 bits per heavy atom. The van der Waals surface area contributed by atoms with Gasteiger partial charge in [0.2, 0.25) is 0 Å². The second-order valence-electron chi connectivity index (χ2n) is 4.99. The van der Waals surface area contributed by atoms with Crippen LogP contribution in [0.3, 0.4) is 0 Å². The van der Waals surface area contributed by atoms with Gasteiger partial charge < -0.3 is 4.98 Å². The molecule has 0 radical (unpaired) electrons. The van der Waals surface area contributed by atoms with Gasteiger partial charge in [-0.3, -0.25) is 0 Å². The average Bonchev–Trinajstić information content (AvgIpc) is 2.92. The summed E-state index contributed by atoms with van der Waals surface area (Å²) in [6.45, 7) is 0.368. The van der Waals surface area contributed by atoms with Gasteiger partial charge in [0.05, 0.1) is 0 Å². The maximum absolute atomic E-state index is 12.1. The molecule has 1 aromatic rings. The third-order valence-corrected chi connectivity index (χ3v) is 5.29. The highest BCUT2D eigenvalue weighted by molar-refractivity contribution is 7.87. The van der Waals surface area contributed by atoms with Crippen molar-refractivity contribution >= 4 is 10.2 Å². The van der Waals surface area contributed by atoms with Gasteiger partial charge >= 0.3 is 0 Å². The van der Waals surface area contributed by atoms with Gasteiger partial charge in [-0.1, -0.05) is 19.3 Å². The molecule has 1 fully saturated rings. The van der Waals surface area contributed by atoms with Crippen LogP contribution in [0.2, 0.25) is 0 Å². The predicted octanol–water partition coefficient (Wildman–Crippen LogP) is 1.05. The number of H-pyrrole nitrogens is 1. The molecule has 0 spiro atoms. The van der Waals surface area contributed by atoms with Crippen molar-refractivity contribution in [2.45, 2.75) is 44.6 Å². The number of nitrogens with one attached hydrogen (secondary N) is 2. The van der Waals surface area contributed by atoms with Crippen LogP contribution in [0.15, 0.2) is 12.4 Å². The number of nitrogens with zero attached hydrogens (tertiary/aromatic N) is 2. The molecular weight excluding hydrogens is 264 g/mol. The Morgan fingerprint density at radius 2 is 2.16 bits per heavy atom. The van der Waals surface area contributed by atoms with E-state index >= 15 is 0 Å². The number of imidazole rings is 1. The van der Waals surface area contributed by atoms with E-state index in [0.29, 0.717) is 13.0 Å². The quantitative estimate of drug-likeness (QED) is 0.820. The van der Waals surface area contributed by atoms with Gasteiger partial charge in [-0.05, 0) is 12.8 Å². The average molecular weight is 286 g/mol. The van der Waals surface area contributed by atoms with Crippen molar-refractivity contribution in [1.82, 2.24) is 19.0 Å².